The van der Waals surface area contributed by atoms with Gasteiger partial charge in [-0.2, -0.15) is 0 Å². The third kappa shape index (κ3) is 3.63. The molecule has 3 heteroatoms. The van der Waals surface area contributed by atoms with Crippen LogP contribution in [0.5, 0.6) is 0 Å². The van der Waals surface area contributed by atoms with Gasteiger partial charge in [0.15, 0.2) is 0 Å². The average Bonchev–Trinajstić information content (AvgIpc) is 1.38. The highest BCUT2D eigenvalue weighted by Gasteiger charge is 1.70. The van der Waals surface area contributed by atoms with Crippen molar-refractivity contribution in [3.63, 3.8) is 0 Å². The molecule has 0 saturated heterocycles. The molecule has 5 heavy (non-hydrogen) atoms. The summed E-state index contributed by atoms with van der Waals surface area (Å²) in [7, 11) is 0. The van der Waals surface area contributed by atoms with E-state index in [1.165, 1.54) is 0 Å². The van der Waals surface area contributed by atoms with Crippen LogP contribution in [0.25, 0.3) is 0 Å². The molecule has 30 valence electrons. The molecule has 0 saturated carbocycles. The van der Waals surface area contributed by atoms with Gasteiger partial charge in [0.25, 0.3) is 0 Å². The Bertz CT molecular complexity index is 45.6. The van der Waals surface area contributed by atoms with Crippen LogP contribution in [-0.4, -0.2) is 10.2 Å². The first-order chi connectivity index (χ1) is 2.27. The van der Waals surface area contributed by atoms with E-state index in [4.69, 9.17) is 10.2 Å². The molecule has 0 fully saturated rings. The van der Waals surface area contributed by atoms with E-state index in [9.17, 15) is 0 Å². The van der Waals surface area contributed by atoms with Gasteiger partial charge >= 0.3 is 0 Å². The fourth-order valence-corrected chi connectivity index (χ4v) is 0. The lowest BCUT2D eigenvalue weighted by molar-refractivity contribution is 0.392. The van der Waals surface area contributed by atoms with E-state index in [1.807, 2.05) is 0 Å². The zero-order chi connectivity index (χ0) is 4.28. The number of hydrogen-bond donors (Lipinski definition) is 2. The second-order valence-electron chi connectivity index (χ2n) is 0.452. The molecular formula is C2H3ClO2. The second-order valence-corrected chi connectivity index (χ2v) is 0.839. The summed E-state index contributed by atoms with van der Waals surface area (Å²) < 4.78 is 0. The molecule has 0 heterocycles. The quantitative estimate of drug-likeness (QED) is 0.442. The summed E-state index contributed by atoms with van der Waals surface area (Å²) in [5, 5.41) is 14.7. The standard InChI is InChI=1S/C2H3ClO2/c3-2(5)1-4/h1,4-5H/b2-1+. The lowest BCUT2D eigenvalue weighted by Crippen LogP contribution is -1.58. The van der Waals surface area contributed by atoms with Crippen molar-refractivity contribution >= 4 is 11.6 Å². The van der Waals surface area contributed by atoms with Crippen molar-refractivity contribution in [1.82, 2.24) is 0 Å². The minimum absolute atomic E-state index is 0.404. The van der Waals surface area contributed by atoms with Crippen LogP contribution < -0.4 is 0 Å². The van der Waals surface area contributed by atoms with E-state index in [0.29, 0.717) is 6.26 Å². The monoisotopic (exact) mass is 94.0 g/mol. The molecule has 0 spiro atoms. The van der Waals surface area contributed by atoms with Gasteiger partial charge in [0, 0.05) is 0 Å². The van der Waals surface area contributed by atoms with Gasteiger partial charge in [-0.1, -0.05) is 0 Å². The highest BCUT2D eigenvalue weighted by atomic mass is 35.5. The van der Waals surface area contributed by atoms with Crippen LogP contribution in [0, 0.1) is 0 Å². The summed E-state index contributed by atoms with van der Waals surface area (Å²) in [5.74, 6) is 0. The summed E-state index contributed by atoms with van der Waals surface area (Å²) in [6, 6.07) is 0. The Morgan fingerprint density at radius 1 is 1.80 bits per heavy atom. The zero-order valence-electron chi connectivity index (χ0n) is 2.35. The molecule has 0 radical (unpaired) electrons. The van der Waals surface area contributed by atoms with Crippen molar-refractivity contribution < 1.29 is 10.2 Å². The Labute approximate surface area is 34.3 Å². The Hall–Kier alpha value is -0.370. The van der Waals surface area contributed by atoms with Crippen LogP contribution in [0.1, 0.15) is 0 Å². The van der Waals surface area contributed by atoms with Gasteiger partial charge in [0.05, 0.1) is 0 Å². The Morgan fingerprint density at radius 2 is 2.00 bits per heavy atom. The molecule has 0 atom stereocenters. The fraction of sp³-hybridized carbons (Fsp3) is 0. The predicted molar refractivity (Wildman–Crippen MR) is 19.2 cm³/mol. The molecule has 0 bridgehead atoms. The topological polar surface area (TPSA) is 40.5 Å². The van der Waals surface area contributed by atoms with Crippen molar-refractivity contribution in [2.24, 2.45) is 0 Å². The minimum atomic E-state index is -0.593. The average molecular weight is 94.5 g/mol. The minimum Gasteiger partial charge on any atom is -0.511 e. The van der Waals surface area contributed by atoms with Crippen molar-refractivity contribution in [1.29, 1.82) is 0 Å². The number of hydrogen-bond acceptors (Lipinski definition) is 2. The lowest BCUT2D eigenvalue weighted by atomic mass is 11.1. The molecule has 2 nitrogen and oxygen atoms in total. The first-order valence-electron chi connectivity index (χ1n) is 0.959. The Morgan fingerprint density at radius 3 is 2.00 bits per heavy atom. The molecule has 0 aliphatic carbocycles. The third-order valence-corrected chi connectivity index (χ3v) is 0.204. The largest absolute Gasteiger partial charge is 0.511 e. The van der Waals surface area contributed by atoms with E-state index in [1.54, 1.807) is 0 Å². The molecule has 0 aliphatic rings. The molecule has 2 N–H and O–H groups in total. The van der Waals surface area contributed by atoms with Gasteiger partial charge in [-0.3, -0.25) is 0 Å². The van der Waals surface area contributed by atoms with E-state index in [-0.39, 0.29) is 0 Å². The summed E-state index contributed by atoms with van der Waals surface area (Å²) >= 11 is 4.63. The van der Waals surface area contributed by atoms with Crippen LogP contribution in [0.3, 0.4) is 0 Å². The number of rotatable bonds is 0. The van der Waals surface area contributed by atoms with Gasteiger partial charge in [-0.25, -0.2) is 0 Å². The summed E-state index contributed by atoms with van der Waals surface area (Å²) in [4.78, 5) is 0. The van der Waals surface area contributed by atoms with Gasteiger partial charge in [0.1, 0.15) is 6.26 Å². The van der Waals surface area contributed by atoms with E-state index in [0.717, 1.165) is 0 Å². The summed E-state index contributed by atoms with van der Waals surface area (Å²) in [5.41, 5.74) is 0. The van der Waals surface area contributed by atoms with Crippen molar-refractivity contribution in [3.8, 4) is 0 Å². The lowest BCUT2D eigenvalue weighted by Gasteiger charge is -1.71. The van der Waals surface area contributed by atoms with Crippen molar-refractivity contribution in [3.05, 3.63) is 11.5 Å². The maximum atomic E-state index is 7.74. The number of halogens is 1. The normalized spacial score (nSPS) is 11.8. The molecule has 0 aliphatic heterocycles. The van der Waals surface area contributed by atoms with E-state index < -0.39 is 5.22 Å². The van der Waals surface area contributed by atoms with Crippen LogP contribution in [0.4, 0.5) is 0 Å². The second kappa shape index (κ2) is 1.91. The van der Waals surface area contributed by atoms with Crippen molar-refractivity contribution in [2.75, 3.05) is 0 Å². The SMILES string of the molecule is O/C=C(/O)Cl. The highest BCUT2D eigenvalue weighted by molar-refractivity contribution is 6.27. The molecule has 0 rings (SSSR count). The Kier molecular flexibility index (Phi) is 1.76. The molecule has 0 aromatic rings. The molecule has 0 aromatic heterocycles. The van der Waals surface area contributed by atoms with Crippen LogP contribution in [0.15, 0.2) is 11.5 Å². The highest BCUT2D eigenvalue weighted by Crippen LogP contribution is 1.87. The summed E-state index contributed by atoms with van der Waals surface area (Å²) in [6.45, 7) is 0. The predicted octanol–water partition coefficient (Wildman–Crippen LogP) is 1.14. The third-order valence-electron chi connectivity index (χ3n) is 0.107. The fourth-order valence-electron chi connectivity index (χ4n) is 0. The van der Waals surface area contributed by atoms with Crippen LogP contribution in [-0.2, 0) is 0 Å². The first kappa shape index (κ1) is 4.63. The number of aliphatic hydroxyl groups excluding tert-OH is 2. The molecule has 0 amide bonds. The van der Waals surface area contributed by atoms with Gasteiger partial charge in [-0.15, -0.1) is 0 Å². The first-order valence-corrected chi connectivity index (χ1v) is 1.34. The van der Waals surface area contributed by atoms with E-state index >= 15 is 0 Å². The molecule has 0 aromatic carbocycles. The summed E-state index contributed by atoms with van der Waals surface area (Å²) in [6.07, 6.45) is 0.404. The van der Waals surface area contributed by atoms with Crippen LogP contribution >= 0.6 is 11.6 Å². The van der Waals surface area contributed by atoms with Crippen LogP contribution in [0.2, 0.25) is 0 Å². The maximum Gasteiger partial charge on any atom is 0.219 e. The smallest absolute Gasteiger partial charge is 0.219 e. The van der Waals surface area contributed by atoms with Gasteiger partial charge < -0.3 is 10.2 Å². The zero-order valence-corrected chi connectivity index (χ0v) is 3.11. The molecular weight excluding hydrogens is 91.5 g/mol. The maximum absolute atomic E-state index is 7.74. The molecule has 0 unspecified atom stereocenters. The number of aliphatic hydroxyl groups is 2. The van der Waals surface area contributed by atoms with Gasteiger partial charge in [-0.05, 0) is 11.6 Å². The Balaban J connectivity index is 3.14. The van der Waals surface area contributed by atoms with E-state index in [2.05, 4.69) is 11.6 Å². The van der Waals surface area contributed by atoms with Gasteiger partial charge in [0.2, 0.25) is 5.22 Å². The van der Waals surface area contributed by atoms with Crippen molar-refractivity contribution in [2.45, 2.75) is 0 Å².